The maximum absolute atomic E-state index is 11.6. The minimum absolute atomic E-state index is 0.239. The molecular formula is C12H19N3O2S. The lowest BCUT2D eigenvalue weighted by Crippen LogP contribution is -2.13. The molecule has 0 spiro atoms. The highest BCUT2D eigenvalue weighted by atomic mass is 32.2. The summed E-state index contributed by atoms with van der Waals surface area (Å²) in [7, 11) is 1.34. The highest BCUT2D eigenvalue weighted by molar-refractivity contribution is 7.99. The second kappa shape index (κ2) is 5.22. The Kier molecular flexibility index (Phi) is 3.85. The third kappa shape index (κ3) is 2.21. The summed E-state index contributed by atoms with van der Waals surface area (Å²) < 4.78 is 6.68. The fourth-order valence-corrected chi connectivity index (χ4v) is 3.42. The minimum atomic E-state index is -0.464. The van der Waals surface area contributed by atoms with E-state index in [-0.39, 0.29) is 5.69 Å². The summed E-state index contributed by atoms with van der Waals surface area (Å²) in [4.78, 5) is 15.8. The standard InChI is InChI=1S/C12H19N3O2S/c1-7-14-10(12(16)17-2)11(13)15(7)8-4-5-9(6-8)18-3/h8-9H,4-6,13H2,1-3H3. The van der Waals surface area contributed by atoms with Gasteiger partial charge in [-0.3, -0.25) is 0 Å². The van der Waals surface area contributed by atoms with Crippen molar-refractivity contribution in [2.24, 2.45) is 0 Å². The van der Waals surface area contributed by atoms with Gasteiger partial charge in [-0.15, -0.1) is 0 Å². The quantitative estimate of drug-likeness (QED) is 0.850. The van der Waals surface area contributed by atoms with Crippen molar-refractivity contribution in [2.45, 2.75) is 37.5 Å². The average molecular weight is 269 g/mol. The number of rotatable bonds is 3. The van der Waals surface area contributed by atoms with Gasteiger partial charge in [0.15, 0.2) is 5.69 Å². The molecule has 0 radical (unpaired) electrons. The van der Waals surface area contributed by atoms with Crippen LogP contribution in [0.25, 0.3) is 0 Å². The van der Waals surface area contributed by atoms with Crippen molar-refractivity contribution in [3.8, 4) is 0 Å². The number of aryl methyl sites for hydroxylation is 1. The number of carbonyl (C=O) groups is 1. The molecule has 0 saturated heterocycles. The van der Waals surface area contributed by atoms with E-state index >= 15 is 0 Å². The van der Waals surface area contributed by atoms with Crippen LogP contribution in [0, 0.1) is 6.92 Å². The maximum Gasteiger partial charge on any atom is 0.360 e. The average Bonchev–Trinajstić information content (AvgIpc) is 2.93. The molecule has 1 fully saturated rings. The lowest BCUT2D eigenvalue weighted by atomic mass is 10.2. The molecule has 2 unspecified atom stereocenters. The summed E-state index contributed by atoms with van der Waals surface area (Å²) in [5.74, 6) is 0.763. The molecule has 1 aromatic heterocycles. The third-order valence-corrected chi connectivity index (χ3v) is 4.65. The van der Waals surface area contributed by atoms with Crippen LogP contribution in [0.5, 0.6) is 0 Å². The number of hydrogen-bond donors (Lipinski definition) is 1. The van der Waals surface area contributed by atoms with Crippen molar-refractivity contribution in [2.75, 3.05) is 19.1 Å². The van der Waals surface area contributed by atoms with Crippen LogP contribution >= 0.6 is 11.8 Å². The Morgan fingerprint density at radius 1 is 1.56 bits per heavy atom. The molecule has 2 N–H and O–H groups in total. The second-order valence-electron chi connectivity index (χ2n) is 4.58. The number of nitrogen functional groups attached to an aromatic ring is 1. The zero-order valence-corrected chi connectivity index (χ0v) is 11.8. The number of hydrogen-bond acceptors (Lipinski definition) is 5. The van der Waals surface area contributed by atoms with Crippen molar-refractivity contribution >= 4 is 23.5 Å². The first-order valence-electron chi connectivity index (χ1n) is 6.03. The molecule has 2 rings (SSSR count). The van der Waals surface area contributed by atoms with Crippen molar-refractivity contribution < 1.29 is 9.53 Å². The van der Waals surface area contributed by atoms with Gasteiger partial charge in [0.2, 0.25) is 0 Å². The molecule has 0 bridgehead atoms. The number of aromatic nitrogens is 2. The molecule has 1 aromatic rings. The molecule has 0 aromatic carbocycles. The van der Waals surface area contributed by atoms with E-state index in [0.717, 1.165) is 18.7 Å². The Morgan fingerprint density at radius 2 is 2.28 bits per heavy atom. The molecule has 6 heteroatoms. The summed E-state index contributed by atoms with van der Waals surface area (Å²) in [6.07, 6.45) is 5.50. The van der Waals surface area contributed by atoms with Gasteiger partial charge < -0.3 is 15.0 Å². The van der Waals surface area contributed by atoms with Crippen LogP contribution in [0.1, 0.15) is 41.6 Å². The molecule has 0 amide bonds. The van der Waals surface area contributed by atoms with Crippen LogP contribution in [0.2, 0.25) is 0 Å². The van der Waals surface area contributed by atoms with E-state index in [2.05, 4.69) is 11.2 Å². The summed E-state index contributed by atoms with van der Waals surface area (Å²) in [6.45, 7) is 1.88. The second-order valence-corrected chi connectivity index (χ2v) is 5.72. The Morgan fingerprint density at radius 3 is 2.83 bits per heavy atom. The molecule has 2 atom stereocenters. The fraction of sp³-hybridized carbons (Fsp3) is 0.667. The van der Waals surface area contributed by atoms with Crippen molar-refractivity contribution in [3.63, 3.8) is 0 Å². The highest BCUT2D eigenvalue weighted by Gasteiger charge is 2.30. The van der Waals surface area contributed by atoms with E-state index < -0.39 is 5.97 Å². The third-order valence-electron chi connectivity index (χ3n) is 3.56. The summed E-state index contributed by atoms with van der Waals surface area (Å²) >= 11 is 1.89. The van der Waals surface area contributed by atoms with Crippen LogP contribution in [-0.2, 0) is 4.74 Å². The molecule has 1 saturated carbocycles. The van der Waals surface area contributed by atoms with Gasteiger partial charge in [-0.2, -0.15) is 11.8 Å². The van der Waals surface area contributed by atoms with Gasteiger partial charge >= 0.3 is 5.97 Å². The van der Waals surface area contributed by atoms with E-state index in [9.17, 15) is 4.79 Å². The molecule has 100 valence electrons. The van der Waals surface area contributed by atoms with Gasteiger partial charge in [0.1, 0.15) is 11.6 Å². The van der Waals surface area contributed by atoms with Crippen LogP contribution in [0.15, 0.2) is 0 Å². The SMILES string of the molecule is COC(=O)c1nc(C)n(C2CCC(SC)C2)c1N. The summed E-state index contributed by atoms with van der Waals surface area (Å²) in [5, 5.41) is 0.678. The molecule has 5 nitrogen and oxygen atoms in total. The van der Waals surface area contributed by atoms with Gasteiger partial charge in [-0.25, -0.2) is 9.78 Å². The van der Waals surface area contributed by atoms with E-state index in [1.165, 1.54) is 13.5 Å². The van der Waals surface area contributed by atoms with E-state index in [1.54, 1.807) is 0 Å². The lowest BCUT2D eigenvalue weighted by molar-refractivity contribution is 0.0595. The van der Waals surface area contributed by atoms with Crippen LogP contribution < -0.4 is 5.73 Å². The molecule has 1 heterocycles. The van der Waals surface area contributed by atoms with Gasteiger partial charge in [-0.1, -0.05) is 0 Å². The number of thioether (sulfide) groups is 1. The largest absolute Gasteiger partial charge is 0.464 e. The Labute approximate surface area is 111 Å². The van der Waals surface area contributed by atoms with Crippen molar-refractivity contribution in [1.29, 1.82) is 0 Å². The number of nitrogens with two attached hydrogens (primary N) is 1. The van der Waals surface area contributed by atoms with Crippen molar-refractivity contribution in [3.05, 3.63) is 11.5 Å². The number of esters is 1. The smallest absolute Gasteiger partial charge is 0.360 e. The molecule has 1 aliphatic rings. The Bertz CT molecular complexity index is 458. The number of imidazole rings is 1. The van der Waals surface area contributed by atoms with Crippen LogP contribution in [0.3, 0.4) is 0 Å². The van der Waals surface area contributed by atoms with Gasteiger partial charge in [0.05, 0.1) is 7.11 Å². The normalized spacial score (nSPS) is 23.3. The topological polar surface area (TPSA) is 70.1 Å². The number of nitrogens with zero attached hydrogens (tertiary/aromatic N) is 2. The van der Waals surface area contributed by atoms with Gasteiger partial charge in [0, 0.05) is 11.3 Å². The molecule has 0 aliphatic heterocycles. The van der Waals surface area contributed by atoms with E-state index in [1.807, 2.05) is 23.3 Å². The first-order chi connectivity index (χ1) is 8.58. The van der Waals surface area contributed by atoms with Gasteiger partial charge in [0.25, 0.3) is 0 Å². The monoisotopic (exact) mass is 269 g/mol. The molecular weight excluding hydrogens is 250 g/mol. The maximum atomic E-state index is 11.6. The Balaban J connectivity index is 2.29. The first kappa shape index (κ1) is 13.3. The Hall–Kier alpha value is -1.17. The predicted molar refractivity (Wildman–Crippen MR) is 72.9 cm³/mol. The van der Waals surface area contributed by atoms with Crippen LogP contribution in [0.4, 0.5) is 5.82 Å². The molecule has 1 aliphatic carbocycles. The predicted octanol–water partition coefficient (Wildman–Crippen LogP) is 2.02. The fourth-order valence-electron chi connectivity index (χ4n) is 2.64. The summed E-state index contributed by atoms with van der Waals surface area (Å²) in [5.41, 5.74) is 6.28. The zero-order chi connectivity index (χ0) is 13.3. The van der Waals surface area contributed by atoms with Crippen molar-refractivity contribution in [1.82, 2.24) is 9.55 Å². The number of methoxy groups -OCH3 is 1. The lowest BCUT2D eigenvalue weighted by Gasteiger charge is -2.15. The van der Waals surface area contributed by atoms with E-state index in [0.29, 0.717) is 17.1 Å². The zero-order valence-electron chi connectivity index (χ0n) is 11.0. The highest BCUT2D eigenvalue weighted by Crippen LogP contribution is 2.38. The molecule has 18 heavy (non-hydrogen) atoms. The first-order valence-corrected chi connectivity index (χ1v) is 7.32. The number of carbonyl (C=O) groups excluding carboxylic acids is 1. The van der Waals surface area contributed by atoms with Crippen LogP contribution in [-0.4, -0.2) is 34.1 Å². The van der Waals surface area contributed by atoms with Gasteiger partial charge in [-0.05, 0) is 32.4 Å². The minimum Gasteiger partial charge on any atom is -0.464 e. The van der Waals surface area contributed by atoms with E-state index in [4.69, 9.17) is 10.5 Å². The summed E-state index contributed by atoms with van der Waals surface area (Å²) in [6, 6.07) is 0.355. The number of anilines is 1. The number of ether oxygens (including phenoxy) is 1.